The third-order valence-electron chi connectivity index (χ3n) is 0.649. The Hall–Kier alpha value is -0.480. The van der Waals surface area contributed by atoms with Crippen molar-refractivity contribution >= 4 is 28.7 Å². The fourth-order valence-electron chi connectivity index (χ4n) is 0.0645. The molecule has 0 aromatic rings. The zero-order valence-electron chi connectivity index (χ0n) is 6.78. The van der Waals surface area contributed by atoms with Gasteiger partial charge in [-0.3, -0.25) is 9.35 Å². The first-order chi connectivity index (χ1) is 6.06. The largest absolute Gasteiger partial charge is 0.522 e. The summed E-state index contributed by atoms with van der Waals surface area (Å²) in [6, 6.07) is 0. The molecule has 0 amide bonds. The van der Waals surface area contributed by atoms with Gasteiger partial charge in [-0.1, -0.05) is 0 Å². The molecule has 0 heterocycles. The Bertz CT molecular complexity index is 263. The Balaban J connectivity index is 0. The van der Waals surface area contributed by atoms with E-state index in [-0.39, 0.29) is 11.7 Å². The first-order valence-electron chi connectivity index (χ1n) is 2.77. The maximum Gasteiger partial charge on any atom is 0.522 e. The second kappa shape index (κ2) is 6.09. The highest BCUT2D eigenvalue weighted by Crippen LogP contribution is 2.20. The standard InChI is InChI=1S/C3H6O2S.CHF3O3S/c1-5-3(4)2-6;2-1(3,4)8(5,6)7/h6H,2H2,1H3;(H,5,6,7). The number of halogens is 3. The van der Waals surface area contributed by atoms with Gasteiger partial charge in [-0.25, -0.2) is 0 Å². The minimum atomic E-state index is -5.84. The van der Waals surface area contributed by atoms with Crippen molar-refractivity contribution in [2.45, 2.75) is 5.51 Å². The van der Waals surface area contributed by atoms with E-state index in [1.54, 1.807) is 0 Å². The van der Waals surface area contributed by atoms with Crippen LogP contribution in [0.25, 0.3) is 0 Å². The van der Waals surface area contributed by atoms with Crippen LogP contribution in [0.4, 0.5) is 13.2 Å². The monoisotopic (exact) mass is 256 g/mol. The highest BCUT2D eigenvalue weighted by Gasteiger charge is 2.44. The number of thiol groups is 1. The molecule has 0 aromatic heterocycles. The maximum absolute atomic E-state index is 10.7. The van der Waals surface area contributed by atoms with Gasteiger partial charge in [-0.2, -0.15) is 34.2 Å². The van der Waals surface area contributed by atoms with E-state index >= 15 is 0 Å². The number of hydrogen-bond donors (Lipinski definition) is 2. The van der Waals surface area contributed by atoms with E-state index < -0.39 is 15.6 Å². The fourth-order valence-corrected chi connectivity index (χ4v) is 0.194. The average Bonchev–Trinajstić information content (AvgIpc) is 2.00. The van der Waals surface area contributed by atoms with E-state index in [4.69, 9.17) is 13.0 Å². The summed E-state index contributed by atoms with van der Waals surface area (Å²) in [6.07, 6.45) is 0. The zero-order chi connectivity index (χ0) is 12.0. The lowest BCUT2D eigenvalue weighted by molar-refractivity contribution is -0.137. The lowest BCUT2D eigenvalue weighted by atomic mass is 10.8. The SMILES string of the molecule is COC(=O)CS.O=S(=O)(O)C(F)(F)F. The summed E-state index contributed by atoms with van der Waals surface area (Å²) in [5.74, 6) is -0.130. The van der Waals surface area contributed by atoms with E-state index in [0.717, 1.165) is 0 Å². The predicted octanol–water partition coefficient (Wildman–Crippen LogP) is 0.483. The van der Waals surface area contributed by atoms with E-state index in [2.05, 4.69) is 17.4 Å². The van der Waals surface area contributed by atoms with Gasteiger partial charge in [0.2, 0.25) is 0 Å². The summed E-state index contributed by atoms with van der Waals surface area (Å²) in [5.41, 5.74) is -5.53. The molecule has 0 fully saturated rings. The van der Waals surface area contributed by atoms with Gasteiger partial charge in [0.25, 0.3) is 0 Å². The van der Waals surface area contributed by atoms with Crippen molar-refractivity contribution in [3.05, 3.63) is 0 Å². The van der Waals surface area contributed by atoms with Crippen LogP contribution in [0.1, 0.15) is 0 Å². The van der Waals surface area contributed by atoms with Crippen LogP contribution < -0.4 is 0 Å². The van der Waals surface area contributed by atoms with Crippen molar-refractivity contribution in [2.75, 3.05) is 12.9 Å². The maximum atomic E-state index is 10.7. The first kappa shape index (κ1) is 16.0. The molecule has 0 radical (unpaired) electrons. The van der Waals surface area contributed by atoms with Crippen LogP contribution in [0.3, 0.4) is 0 Å². The Morgan fingerprint density at radius 1 is 1.50 bits per heavy atom. The minimum absolute atomic E-state index is 0.163. The van der Waals surface area contributed by atoms with E-state index in [1.807, 2.05) is 0 Å². The lowest BCUT2D eigenvalue weighted by Crippen LogP contribution is -2.21. The van der Waals surface area contributed by atoms with Gasteiger partial charge in [0.1, 0.15) is 0 Å². The topological polar surface area (TPSA) is 80.7 Å². The third-order valence-corrected chi connectivity index (χ3v) is 1.49. The van der Waals surface area contributed by atoms with E-state index in [1.165, 1.54) is 7.11 Å². The molecule has 0 spiro atoms. The Morgan fingerprint density at radius 3 is 1.79 bits per heavy atom. The number of methoxy groups -OCH3 is 1. The van der Waals surface area contributed by atoms with Crippen molar-refractivity contribution in [3.8, 4) is 0 Å². The molecule has 0 saturated carbocycles. The summed E-state index contributed by atoms with van der Waals surface area (Å²) in [7, 11) is -4.51. The molecule has 0 aliphatic heterocycles. The van der Waals surface area contributed by atoms with Crippen LogP contribution in [0.15, 0.2) is 0 Å². The van der Waals surface area contributed by atoms with Gasteiger partial charge in [-0.15, -0.1) is 0 Å². The summed E-state index contributed by atoms with van der Waals surface area (Å²) < 4.78 is 61.7. The normalized spacial score (nSPS) is 11.3. The van der Waals surface area contributed by atoms with Crippen molar-refractivity contribution in [1.29, 1.82) is 0 Å². The average molecular weight is 256 g/mol. The second-order valence-electron chi connectivity index (χ2n) is 1.66. The van der Waals surface area contributed by atoms with Gasteiger partial charge in [0.05, 0.1) is 12.9 Å². The van der Waals surface area contributed by atoms with Crippen molar-refractivity contribution in [1.82, 2.24) is 0 Å². The number of carbonyl (C=O) groups excluding carboxylic acids is 1. The summed E-state index contributed by atoms with van der Waals surface area (Å²) in [6.45, 7) is 0. The van der Waals surface area contributed by atoms with Gasteiger partial charge in [0, 0.05) is 0 Å². The summed E-state index contributed by atoms with van der Waals surface area (Å²) in [4.78, 5) is 9.88. The smallest absolute Gasteiger partial charge is 0.468 e. The van der Waals surface area contributed by atoms with Gasteiger partial charge >= 0.3 is 21.6 Å². The molecule has 0 bridgehead atoms. The first-order valence-corrected chi connectivity index (χ1v) is 4.85. The van der Waals surface area contributed by atoms with Crippen molar-refractivity contribution in [3.63, 3.8) is 0 Å². The molecule has 5 nitrogen and oxygen atoms in total. The highest BCUT2D eigenvalue weighted by molar-refractivity contribution is 7.86. The lowest BCUT2D eigenvalue weighted by Gasteiger charge is -1.97. The van der Waals surface area contributed by atoms with E-state index in [0.29, 0.717) is 0 Å². The van der Waals surface area contributed by atoms with Gasteiger partial charge in [-0.05, 0) is 0 Å². The molecular weight excluding hydrogens is 249 g/mol. The highest BCUT2D eigenvalue weighted by atomic mass is 32.2. The Labute approximate surface area is 83.4 Å². The molecule has 14 heavy (non-hydrogen) atoms. The number of carbonyl (C=O) groups is 1. The van der Waals surface area contributed by atoms with Gasteiger partial charge in [0.15, 0.2) is 0 Å². The molecule has 86 valence electrons. The molecule has 1 N–H and O–H groups in total. The predicted molar refractivity (Wildman–Crippen MR) is 43.5 cm³/mol. The molecule has 0 aliphatic carbocycles. The van der Waals surface area contributed by atoms with Crippen LogP contribution in [0, 0.1) is 0 Å². The molecule has 10 heteroatoms. The quantitative estimate of drug-likeness (QED) is 0.309. The minimum Gasteiger partial charge on any atom is -0.468 e. The summed E-state index contributed by atoms with van der Waals surface area (Å²) in [5, 5.41) is 0. The number of esters is 1. The van der Waals surface area contributed by atoms with Crippen LogP contribution in [-0.2, 0) is 19.6 Å². The Morgan fingerprint density at radius 2 is 1.79 bits per heavy atom. The summed E-state index contributed by atoms with van der Waals surface area (Å²) >= 11 is 3.62. The van der Waals surface area contributed by atoms with Crippen LogP contribution in [-0.4, -0.2) is 37.3 Å². The molecule has 0 atom stereocenters. The number of ether oxygens (including phenoxy) is 1. The molecule has 0 saturated heterocycles. The molecular formula is C4H7F3O5S2. The van der Waals surface area contributed by atoms with Crippen molar-refractivity contribution < 1.29 is 35.7 Å². The van der Waals surface area contributed by atoms with Crippen LogP contribution >= 0.6 is 12.6 Å². The number of alkyl halides is 3. The molecule has 0 unspecified atom stereocenters. The van der Waals surface area contributed by atoms with Gasteiger partial charge < -0.3 is 4.74 Å². The zero-order valence-corrected chi connectivity index (χ0v) is 8.49. The number of rotatable bonds is 1. The number of hydrogen-bond acceptors (Lipinski definition) is 5. The molecule has 0 aromatic carbocycles. The van der Waals surface area contributed by atoms with Crippen molar-refractivity contribution in [2.24, 2.45) is 0 Å². The molecule has 0 aliphatic rings. The van der Waals surface area contributed by atoms with Crippen LogP contribution in [0.5, 0.6) is 0 Å². The Kier molecular flexibility index (Phi) is 6.94. The fraction of sp³-hybridized carbons (Fsp3) is 0.750. The molecule has 0 rings (SSSR count). The van der Waals surface area contributed by atoms with Crippen LogP contribution in [0.2, 0.25) is 0 Å². The van der Waals surface area contributed by atoms with E-state index in [9.17, 15) is 18.0 Å². The third kappa shape index (κ3) is 8.13. The second-order valence-corrected chi connectivity index (χ2v) is 3.38.